The fourth-order valence-electron chi connectivity index (χ4n) is 3.31. The van der Waals surface area contributed by atoms with Crippen molar-refractivity contribution in [2.75, 3.05) is 0 Å². The molecule has 0 heterocycles. The standard InChI is InChI=1S/C24H40O2.Ba.2H/c1-2-3-4-5-6-7-8-9-10-11-12-13-14-15-19-22-24(25)26-23-20-17-16-18-21-23;;;/h16-18,20-21H,2-15,19,22H2,1H3;;;/q;+2;2*-1. The van der Waals surface area contributed by atoms with Gasteiger partial charge in [-0.2, -0.15) is 0 Å². The summed E-state index contributed by atoms with van der Waals surface area (Å²) < 4.78 is 5.29. The van der Waals surface area contributed by atoms with Crippen molar-refractivity contribution in [1.82, 2.24) is 0 Å². The van der Waals surface area contributed by atoms with Crippen LogP contribution in [0.4, 0.5) is 0 Å². The van der Waals surface area contributed by atoms with Gasteiger partial charge in [0, 0.05) is 6.42 Å². The third kappa shape index (κ3) is 18.1. The Kier molecular flexibility index (Phi) is 21.2. The number of hydrogen-bond acceptors (Lipinski definition) is 2. The van der Waals surface area contributed by atoms with E-state index in [0.29, 0.717) is 12.2 Å². The normalized spacial score (nSPS) is 10.4. The fourth-order valence-corrected chi connectivity index (χ4v) is 3.31. The molecular formula is C24H42BaO2. The SMILES string of the molecule is CCCCCCCCCCCCCCCCCC(=O)Oc1ccccc1.[Ba+2].[H-].[H-]. The maximum Gasteiger partial charge on any atom is 2.00 e. The predicted molar refractivity (Wildman–Crippen MR) is 120 cm³/mol. The number of hydrogen-bond donors (Lipinski definition) is 0. The first-order valence-electron chi connectivity index (χ1n) is 11.1. The Balaban J connectivity index is -0.00000225. The van der Waals surface area contributed by atoms with Crippen LogP contribution in [0.3, 0.4) is 0 Å². The molecule has 0 saturated carbocycles. The van der Waals surface area contributed by atoms with E-state index < -0.39 is 0 Å². The second-order valence-electron chi connectivity index (χ2n) is 7.49. The zero-order valence-corrected chi connectivity index (χ0v) is 22.2. The minimum Gasteiger partial charge on any atom is -1.00 e. The number of para-hydroxylation sites is 1. The van der Waals surface area contributed by atoms with Crippen LogP contribution in [0.25, 0.3) is 0 Å². The van der Waals surface area contributed by atoms with Crippen LogP contribution in [0.2, 0.25) is 0 Å². The van der Waals surface area contributed by atoms with Crippen LogP contribution in [0.15, 0.2) is 30.3 Å². The van der Waals surface area contributed by atoms with Crippen LogP contribution in [0, 0.1) is 0 Å². The number of carbonyl (C=O) groups excluding carboxylic acids is 1. The molecule has 0 aromatic heterocycles. The summed E-state index contributed by atoms with van der Waals surface area (Å²) in [5.41, 5.74) is 0. The Hall–Kier alpha value is 0.261. The molecule has 3 heteroatoms. The molecule has 0 atom stereocenters. The van der Waals surface area contributed by atoms with Crippen molar-refractivity contribution < 1.29 is 12.4 Å². The van der Waals surface area contributed by atoms with Crippen LogP contribution in [-0.2, 0) is 4.79 Å². The van der Waals surface area contributed by atoms with E-state index in [1.54, 1.807) is 0 Å². The largest absolute Gasteiger partial charge is 2.00 e. The molecule has 0 amide bonds. The van der Waals surface area contributed by atoms with Gasteiger partial charge >= 0.3 is 54.9 Å². The molecule has 0 N–H and O–H groups in total. The molecule has 0 saturated heterocycles. The summed E-state index contributed by atoms with van der Waals surface area (Å²) >= 11 is 0. The number of rotatable bonds is 17. The van der Waals surface area contributed by atoms with E-state index in [1.807, 2.05) is 30.3 Å². The zero-order chi connectivity index (χ0) is 18.7. The summed E-state index contributed by atoms with van der Waals surface area (Å²) in [5.74, 6) is 0.546. The number of esters is 1. The van der Waals surface area contributed by atoms with Crippen LogP contribution in [0.1, 0.15) is 113 Å². The van der Waals surface area contributed by atoms with Crippen LogP contribution in [0.5, 0.6) is 5.75 Å². The van der Waals surface area contributed by atoms with Gasteiger partial charge in [0.05, 0.1) is 0 Å². The van der Waals surface area contributed by atoms with Gasteiger partial charge < -0.3 is 7.59 Å². The second kappa shape index (κ2) is 21.0. The monoisotopic (exact) mass is 500 g/mol. The van der Waals surface area contributed by atoms with Gasteiger partial charge in [0.25, 0.3) is 0 Å². The van der Waals surface area contributed by atoms with Gasteiger partial charge in [-0.15, -0.1) is 0 Å². The van der Waals surface area contributed by atoms with Crippen molar-refractivity contribution in [3.8, 4) is 5.75 Å². The van der Waals surface area contributed by atoms with E-state index in [0.717, 1.165) is 12.8 Å². The van der Waals surface area contributed by atoms with E-state index in [-0.39, 0.29) is 57.7 Å². The van der Waals surface area contributed by atoms with Crippen molar-refractivity contribution in [2.45, 2.75) is 110 Å². The minimum absolute atomic E-state index is 0. The summed E-state index contributed by atoms with van der Waals surface area (Å²) in [7, 11) is 0. The summed E-state index contributed by atoms with van der Waals surface area (Å²) in [5, 5.41) is 0. The van der Waals surface area contributed by atoms with Gasteiger partial charge in [-0.05, 0) is 18.6 Å². The van der Waals surface area contributed by atoms with Crippen LogP contribution >= 0.6 is 0 Å². The van der Waals surface area contributed by atoms with E-state index in [1.165, 1.54) is 83.5 Å². The van der Waals surface area contributed by atoms with E-state index in [2.05, 4.69) is 6.92 Å². The summed E-state index contributed by atoms with van der Waals surface area (Å²) in [6.45, 7) is 2.28. The van der Waals surface area contributed by atoms with Crippen molar-refractivity contribution >= 4 is 54.9 Å². The fraction of sp³-hybridized carbons (Fsp3) is 0.708. The molecule has 1 aromatic carbocycles. The van der Waals surface area contributed by atoms with Gasteiger partial charge in [0.15, 0.2) is 0 Å². The maximum atomic E-state index is 11.7. The summed E-state index contributed by atoms with van der Waals surface area (Å²) in [6.07, 6.45) is 20.7. The average Bonchev–Trinajstić information content (AvgIpc) is 2.65. The Bertz CT molecular complexity index is 444. The first-order valence-corrected chi connectivity index (χ1v) is 11.1. The van der Waals surface area contributed by atoms with Gasteiger partial charge in [0.1, 0.15) is 5.75 Å². The molecule has 2 nitrogen and oxygen atoms in total. The van der Waals surface area contributed by atoms with Crippen molar-refractivity contribution in [1.29, 1.82) is 0 Å². The average molecular weight is 500 g/mol. The van der Waals surface area contributed by atoms with Crippen LogP contribution in [-0.4, -0.2) is 54.9 Å². The molecule has 0 spiro atoms. The molecule has 0 unspecified atom stereocenters. The first kappa shape index (κ1) is 27.3. The second-order valence-corrected chi connectivity index (χ2v) is 7.49. The van der Waals surface area contributed by atoms with E-state index >= 15 is 0 Å². The summed E-state index contributed by atoms with van der Waals surface area (Å²) in [6, 6.07) is 9.34. The maximum absolute atomic E-state index is 11.7. The molecule has 1 aromatic rings. The smallest absolute Gasteiger partial charge is 1.00 e. The van der Waals surface area contributed by atoms with Gasteiger partial charge in [-0.25, -0.2) is 0 Å². The topological polar surface area (TPSA) is 26.3 Å². The number of carbonyl (C=O) groups is 1. The van der Waals surface area contributed by atoms with Gasteiger partial charge in [0.2, 0.25) is 0 Å². The molecule has 0 radical (unpaired) electrons. The van der Waals surface area contributed by atoms with Gasteiger partial charge in [-0.1, -0.05) is 115 Å². The number of unbranched alkanes of at least 4 members (excludes halogenated alkanes) is 14. The molecule has 0 aliphatic carbocycles. The molecular weight excluding hydrogens is 458 g/mol. The first-order chi connectivity index (χ1) is 12.8. The number of benzene rings is 1. The third-order valence-corrected chi connectivity index (χ3v) is 4.96. The van der Waals surface area contributed by atoms with Gasteiger partial charge in [-0.3, -0.25) is 4.79 Å². The Labute approximate surface area is 211 Å². The van der Waals surface area contributed by atoms with Crippen molar-refractivity contribution in [3.05, 3.63) is 30.3 Å². The molecule has 0 fully saturated rings. The van der Waals surface area contributed by atoms with E-state index in [9.17, 15) is 4.79 Å². The molecule has 0 aliphatic rings. The zero-order valence-electron chi connectivity index (χ0n) is 19.7. The third-order valence-electron chi connectivity index (χ3n) is 4.96. The summed E-state index contributed by atoms with van der Waals surface area (Å²) in [4.78, 5) is 11.7. The Morgan fingerprint density at radius 1 is 0.704 bits per heavy atom. The number of ether oxygens (including phenoxy) is 1. The van der Waals surface area contributed by atoms with E-state index in [4.69, 9.17) is 4.74 Å². The predicted octanol–water partition coefficient (Wildman–Crippen LogP) is 7.70. The molecule has 152 valence electrons. The van der Waals surface area contributed by atoms with Crippen molar-refractivity contribution in [2.24, 2.45) is 0 Å². The minimum atomic E-state index is -0.106. The molecule has 0 bridgehead atoms. The molecule has 1 rings (SSSR count). The molecule has 0 aliphatic heterocycles. The quantitative estimate of drug-likeness (QED) is 0.0950. The van der Waals surface area contributed by atoms with Crippen molar-refractivity contribution in [3.63, 3.8) is 0 Å². The Morgan fingerprint density at radius 2 is 1.11 bits per heavy atom. The molecule has 27 heavy (non-hydrogen) atoms. The van der Waals surface area contributed by atoms with Crippen LogP contribution < -0.4 is 4.74 Å². The Morgan fingerprint density at radius 3 is 1.56 bits per heavy atom.